The number of fused-ring (bicyclic) bond motifs is 1. The van der Waals surface area contributed by atoms with Crippen molar-refractivity contribution >= 4 is 11.6 Å². The highest BCUT2D eigenvalue weighted by molar-refractivity contribution is 6.18. The van der Waals surface area contributed by atoms with E-state index in [0.29, 0.717) is 34.0 Å². The van der Waals surface area contributed by atoms with Gasteiger partial charge in [0.15, 0.2) is 11.6 Å². The van der Waals surface area contributed by atoms with Crippen molar-refractivity contribution in [2.45, 2.75) is 11.8 Å². The van der Waals surface area contributed by atoms with E-state index in [2.05, 4.69) is 0 Å². The highest BCUT2D eigenvalue weighted by atomic mass is 16.5. The molecule has 0 radical (unpaired) electrons. The summed E-state index contributed by atoms with van der Waals surface area (Å²) >= 11 is 0. The van der Waals surface area contributed by atoms with Crippen LogP contribution in [0.25, 0.3) is 22.6 Å². The van der Waals surface area contributed by atoms with Crippen LogP contribution in [0.4, 0.5) is 0 Å². The molecule has 4 nitrogen and oxygen atoms in total. The second-order valence-electron chi connectivity index (χ2n) is 9.10. The molecule has 0 bridgehead atoms. The van der Waals surface area contributed by atoms with E-state index in [9.17, 15) is 9.59 Å². The Morgan fingerprint density at radius 2 is 1.27 bits per heavy atom. The Balaban J connectivity index is 1.63. The molecule has 4 aromatic carbocycles. The van der Waals surface area contributed by atoms with Gasteiger partial charge in [0.2, 0.25) is 0 Å². The lowest BCUT2D eigenvalue weighted by Gasteiger charge is -2.20. The average molecular weight is 485 g/mol. The highest BCUT2D eigenvalue weighted by Gasteiger charge is 2.50. The van der Waals surface area contributed by atoms with Crippen LogP contribution in [-0.4, -0.2) is 18.7 Å². The molecule has 4 heteroatoms. The summed E-state index contributed by atoms with van der Waals surface area (Å²) in [4.78, 5) is 28.4. The number of furan rings is 1. The minimum absolute atomic E-state index is 0.0965. The van der Waals surface area contributed by atoms with Crippen molar-refractivity contribution < 1.29 is 18.7 Å². The number of ketones is 2. The molecule has 0 saturated heterocycles. The van der Waals surface area contributed by atoms with Crippen molar-refractivity contribution in [1.29, 1.82) is 0 Å². The quantitative estimate of drug-likeness (QED) is 0.233. The van der Waals surface area contributed by atoms with Crippen LogP contribution in [0.2, 0.25) is 0 Å². The van der Waals surface area contributed by atoms with E-state index in [4.69, 9.17) is 9.15 Å². The summed E-state index contributed by atoms with van der Waals surface area (Å²) < 4.78 is 11.8. The van der Waals surface area contributed by atoms with Gasteiger partial charge in [0, 0.05) is 22.3 Å². The number of methoxy groups -OCH3 is 1. The first-order valence-corrected chi connectivity index (χ1v) is 12.2. The summed E-state index contributed by atoms with van der Waals surface area (Å²) in [5.41, 5.74) is 4.10. The topological polar surface area (TPSA) is 56.5 Å². The molecule has 1 aliphatic carbocycles. The van der Waals surface area contributed by atoms with Crippen LogP contribution in [-0.2, 0) is 0 Å². The zero-order valence-corrected chi connectivity index (χ0v) is 20.3. The SMILES string of the molecule is COc1ccc(-c2oc(-c3ccccc3)c3c2C(=O)[C@H](c2ccccc2)[C@H]3C(=O)c2ccccc2)cc1. The number of rotatable bonds is 6. The Bertz CT molecular complexity index is 1570. The molecule has 1 aliphatic rings. The zero-order chi connectivity index (χ0) is 25.4. The van der Waals surface area contributed by atoms with Crippen LogP contribution in [0, 0.1) is 0 Å². The van der Waals surface area contributed by atoms with E-state index in [1.54, 1.807) is 19.2 Å². The van der Waals surface area contributed by atoms with E-state index >= 15 is 0 Å². The summed E-state index contributed by atoms with van der Waals surface area (Å²) in [5, 5.41) is 0. The molecule has 1 heterocycles. The fraction of sp³-hybridized carbons (Fsp3) is 0.0909. The van der Waals surface area contributed by atoms with Gasteiger partial charge in [0.1, 0.15) is 17.3 Å². The van der Waals surface area contributed by atoms with Gasteiger partial charge in [-0.15, -0.1) is 0 Å². The van der Waals surface area contributed by atoms with Crippen molar-refractivity contribution in [3.8, 4) is 28.4 Å². The Morgan fingerprint density at radius 1 is 0.703 bits per heavy atom. The van der Waals surface area contributed by atoms with Gasteiger partial charge in [-0.25, -0.2) is 0 Å². The molecule has 0 N–H and O–H groups in total. The molecule has 5 aromatic rings. The van der Waals surface area contributed by atoms with Crippen LogP contribution in [0.5, 0.6) is 5.75 Å². The van der Waals surface area contributed by atoms with E-state index in [1.165, 1.54) is 0 Å². The van der Waals surface area contributed by atoms with Crippen LogP contribution in [0.3, 0.4) is 0 Å². The monoisotopic (exact) mass is 484 g/mol. The van der Waals surface area contributed by atoms with Crippen molar-refractivity contribution in [2.24, 2.45) is 0 Å². The van der Waals surface area contributed by atoms with Crippen molar-refractivity contribution in [3.63, 3.8) is 0 Å². The third-order valence-corrected chi connectivity index (χ3v) is 7.01. The summed E-state index contributed by atoms with van der Waals surface area (Å²) in [5.74, 6) is 0.190. The molecule has 0 unspecified atom stereocenters. The van der Waals surface area contributed by atoms with Crippen molar-refractivity contribution in [2.75, 3.05) is 7.11 Å². The lowest BCUT2D eigenvalue weighted by molar-refractivity contribution is 0.0889. The number of hydrogen-bond donors (Lipinski definition) is 0. The van der Waals surface area contributed by atoms with Gasteiger partial charge in [-0.2, -0.15) is 0 Å². The minimum atomic E-state index is -0.710. The molecule has 6 rings (SSSR count). The Labute approximate surface area is 215 Å². The average Bonchev–Trinajstić information content (AvgIpc) is 3.50. The smallest absolute Gasteiger partial charge is 0.175 e. The van der Waals surface area contributed by atoms with Gasteiger partial charge in [-0.3, -0.25) is 9.59 Å². The molecule has 0 spiro atoms. The first-order valence-electron chi connectivity index (χ1n) is 12.2. The summed E-state index contributed by atoms with van der Waals surface area (Å²) in [6.07, 6.45) is 0. The Hall–Kier alpha value is -4.70. The second-order valence-corrected chi connectivity index (χ2v) is 9.10. The lowest BCUT2D eigenvalue weighted by atomic mass is 9.80. The van der Waals surface area contributed by atoms with E-state index in [1.807, 2.05) is 103 Å². The fourth-order valence-electron chi connectivity index (χ4n) is 5.28. The standard InChI is InChI=1S/C33H24O4/c1-36-25-19-17-24(18-20-25)33-29-28(32(37-33)23-15-9-4-10-16-23)27(30(34)22-13-7-3-8-14-22)26(31(29)35)21-11-5-2-6-12-21/h2-20,26-27H,1H3/t26-,27-/m1/s1. The minimum Gasteiger partial charge on any atom is -0.497 e. The molecule has 0 fully saturated rings. The van der Waals surface area contributed by atoms with Gasteiger partial charge < -0.3 is 9.15 Å². The number of carbonyl (C=O) groups is 2. The summed E-state index contributed by atoms with van der Waals surface area (Å²) in [6, 6.07) is 35.9. The number of benzene rings is 4. The maximum absolute atomic E-state index is 14.3. The third-order valence-electron chi connectivity index (χ3n) is 7.01. The number of carbonyl (C=O) groups excluding carboxylic acids is 2. The van der Waals surface area contributed by atoms with E-state index in [0.717, 1.165) is 16.7 Å². The van der Waals surface area contributed by atoms with Crippen LogP contribution in [0.1, 0.15) is 43.7 Å². The second kappa shape index (κ2) is 9.40. The Kier molecular flexibility index (Phi) is 5.78. The number of Topliss-reactive ketones (excluding diaryl/α,β-unsaturated/α-hetero) is 2. The Morgan fingerprint density at radius 3 is 1.89 bits per heavy atom. The molecule has 0 saturated carbocycles. The molecular formula is C33H24O4. The maximum atomic E-state index is 14.3. The van der Waals surface area contributed by atoms with Crippen LogP contribution in [0.15, 0.2) is 120 Å². The van der Waals surface area contributed by atoms with Crippen molar-refractivity contribution in [1.82, 2.24) is 0 Å². The first kappa shape index (κ1) is 22.7. The molecular weight excluding hydrogens is 460 g/mol. The largest absolute Gasteiger partial charge is 0.497 e. The predicted molar refractivity (Wildman–Crippen MR) is 143 cm³/mol. The molecule has 1 aromatic heterocycles. The fourth-order valence-corrected chi connectivity index (χ4v) is 5.28. The van der Waals surface area contributed by atoms with Gasteiger partial charge >= 0.3 is 0 Å². The molecule has 0 aliphatic heterocycles. The zero-order valence-electron chi connectivity index (χ0n) is 20.3. The lowest BCUT2D eigenvalue weighted by Crippen LogP contribution is -2.20. The molecule has 2 atom stereocenters. The normalized spacial score (nSPS) is 16.4. The predicted octanol–water partition coefficient (Wildman–Crippen LogP) is 7.57. The summed E-state index contributed by atoms with van der Waals surface area (Å²) in [7, 11) is 1.61. The van der Waals surface area contributed by atoms with E-state index < -0.39 is 11.8 Å². The third kappa shape index (κ3) is 3.87. The number of hydrogen-bond acceptors (Lipinski definition) is 4. The van der Waals surface area contributed by atoms with E-state index in [-0.39, 0.29) is 11.6 Å². The molecule has 37 heavy (non-hydrogen) atoms. The van der Waals surface area contributed by atoms with Crippen LogP contribution < -0.4 is 4.74 Å². The van der Waals surface area contributed by atoms with Gasteiger partial charge in [0.25, 0.3) is 0 Å². The maximum Gasteiger partial charge on any atom is 0.175 e. The van der Waals surface area contributed by atoms with Crippen molar-refractivity contribution in [3.05, 3.63) is 138 Å². The highest BCUT2D eigenvalue weighted by Crippen LogP contribution is 2.53. The van der Waals surface area contributed by atoms with Gasteiger partial charge in [0.05, 0.1) is 24.5 Å². The molecule has 180 valence electrons. The van der Waals surface area contributed by atoms with Gasteiger partial charge in [-0.1, -0.05) is 91.0 Å². The first-order chi connectivity index (χ1) is 18.2. The molecule has 0 amide bonds. The summed E-state index contributed by atoms with van der Waals surface area (Å²) in [6.45, 7) is 0. The van der Waals surface area contributed by atoms with Crippen LogP contribution >= 0.6 is 0 Å². The number of ether oxygens (including phenoxy) is 1. The van der Waals surface area contributed by atoms with Gasteiger partial charge in [-0.05, 0) is 29.8 Å².